The van der Waals surface area contributed by atoms with E-state index in [2.05, 4.69) is 15.2 Å². The standard InChI is InChI=1S/C18H14F2N2O6/c19-18(20)27-13-5-2-1-4-12(13)17(24)21-9-16(23)26-10-11-8-15(28-22-11)14-6-3-7-25-14/h1-8,18H,9-10H2,(H,21,24). The number of aromatic nitrogens is 1. The molecule has 0 saturated heterocycles. The molecule has 0 unspecified atom stereocenters. The number of nitrogens with zero attached hydrogens (tertiary/aromatic N) is 1. The Labute approximate surface area is 157 Å². The minimum atomic E-state index is -3.08. The predicted octanol–water partition coefficient (Wildman–Crippen LogP) is 3.01. The SMILES string of the molecule is O=C(CNC(=O)c1ccccc1OC(F)F)OCc1cc(-c2ccco2)on1. The van der Waals surface area contributed by atoms with Crippen LogP contribution in [0, 0.1) is 0 Å². The average Bonchev–Trinajstić information content (AvgIpc) is 3.36. The number of halogens is 2. The number of carbonyl (C=O) groups is 2. The first-order chi connectivity index (χ1) is 13.5. The number of ether oxygens (including phenoxy) is 2. The van der Waals surface area contributed by atoms with E-state index in [9.17, 15) is 18.4 Å². The predicted molar refractivity (Wildman–Crippen MR) is 89.4 cm³/mol. The van der Waals surface area contributed by atoms with Gasteiger partial charge in [-0.3, -0.25) is 9.59 Å². The number of alkyl halides is 2. The van der Waals surface area contributed by atoms with Crippen molar-refractivity contribution < 1.29 is 36.8 Å². The zero-order chi connectivity index (χ0) is 19.9. The molecule has 3 rings (SSSR count). The summed E-state index contributed by atoms with van der Waals surface area (Å²) in [5.41, 5.74) is 0.219. The molecule has 1 N–H and O–H groups in total. The van der Waals surface area contributed by atoms with Crippen LogP contribution in [0.5, 0.6) is 5.75 Å². The molecule has 0 radical (unpaired) electrons. The normalized spacial score (nSPS) is 10.7. The molecule has 3 aromatic rings. The second-order valence-electron chi connectivity index (χ2n) is 5.38. The Morgan fingerprint density at radius 2 is 1.96 bits per heavy atom. The van der Waals surface area contributed by atoms with Gasteiger partial charge in [-0.25, -0.2) is 0 Å². The molecule has 0 aliphatic heterocycles. The van der Waals surface area contributed by atoms with Gasteiger partial charge in [-0.2, -0.15) is 8.78 Å². The zero-order valence-corrected chi connectivity index (χ0v) is 14.3. The second kappa shape index (κ2) is 8.80. The molecule has 146 valence electrons. The van der Waals surface area contributed by atoms with Crippen LogP contribution in [0.25, 0.3) is 11.5 Å². The average molecular weight is 392 g/mol. The van der Waals surface area contributed by atoms with Crippen molar-refractivity contribution in [2.45, 2.75) is 13.2 Å². The maximum Gasteiger partial charge on any atom is 0.387 e. The molecule has 0 saturated carbocycles. The molecule has 10 heteroatoms. The molecular formula is C18H14F2N2O6. The van der Waals surface area contributed by atoms with E-state index in [-0.39, 0.29) is 17.9 Å². The Hall–Kier alpha value is -3.69. The summed E-state index contributed by atoms with van der Waals surface area (Å²) in [6.45, 7) is -3.72. The summed E-state index contributed by atoms with van der Waals surface area (Å²) >= 11 is 0. The Kier molecular flexibility index (Phi) is 6.00. The Morgan fingerprint density at radius 3 is 2.71 bits per heavy atom. The first-order valence-electron chi connectivity index (χ1n) is 8.00. The van der Waals surface area contributed by atoms with Crippen molar-refractivity contribution in [1.82, 2.24) is 10.5 Å². The van der Waals surface area contributed by atoms with Gasteiger partial charge in [0.15, 0.2) is 5.76 Å². The second-order valence-corrected chi connectivity index (χ2v) is 5.38. The van der Waals surface area contributed by atoms with Gasteiger partial charge in [0, 0.05) is 6.07 Å². The molecule has 2 aromatic heterocycles. The summed E-state index contributed by atoms with van der Waals surface area (Å²) in [7, 11) is 0. The van der Waals surface area contributed by atoms with Gasteiger partial charge in [0.2, 0.25) is 5.76 Å². The summed E-state index contributed by atoms with van der Waals surface area (Å²) in [5, 5.41) is 6.02. The van der Waals surface area contributed by atoms with Crippen LogP contribution in [0.4, 0.5) is 8.78 Å². The molecule has 1 aromatic carbocycles. The van der Waals surface area contributed by atoms with Gasteiger partial charge in [-0.15, -0.1) is 0 Å². The molecule has 0 fully saturated rings. The lowest BCUT2D eigenvalue weighted by molar-refractivity contribution is -0.143. The van der Waals surface area contributed by atoms with Crippen molar-refractivity contribution in [1.29, 1.82) is 0 Å². The van der Waals surface area contributed by atoms with Gasteiger partial charge < -0.3 is 23.7 Å². The van der Waals surface area contributed by atoms with Crippen molar-refractivity contribution >= 4 is 11.9 Å². The molecule has 0 atom stereocenters. The third kappa shape index (κ3) is 4.93. The van der Waals surface area contributed by atoms with Crippen molar-refractivity contribution in [3.63, 3.8) is 0 Å². The number of nitrogens with one attached hydrogen (secondary N) is 1. The lowest BCUT2D eigenvalue weighted by atomic mass is 10.2. The maximum atomic E-state index is 12.4. The van der Waals surface area contributed by atoms with Gasteiger partial charge >= 0.3 is 12.6 Å². The van der Waals surface area contributed by atoms with Crippen LogP contribution in [-0.2, 0) is 16.1 Å². The number of hydrogen-bond acceptors (Lipinski definition) is 7. The number of amides is 1. The van der Waals surface area contributed by atoms with E-state index in [4.69, 9.17) is 13.7 Å². The third-order valence-electron chi connectivity index (χ3n) is 3.45. The lowest BCUT2D eigenvalue weighted by Gasteiger charge is -2.10. The van der Waals surface area contributed by atoms with Gasteiger partial charge in [-0.05, 0) is 24.3 Å². The summed E-state index contributed by atoms with van der Waals surface area (Å²) in [6.07, 6.45) is 1.48. The number of rotatable bonds is 8. The summed E-state index contributed by atoms with van der Waals surface area (Å²) in [4.78, 5) is 23.9. The van der Waals surface area contributed by atoms with E-state index in [0.717, 1.165) is 0 Å². The van der Waals surface area contributed by atoms with E-state index in [1.807, 2.05) is 0 Å². The largest absolute Gasteiger partial charge is 0.461 e. The molecule has 0 aliphatic rings. The van der Waals surface area contributed by atoms with E-state index in [1.165, 1.54) is 30.5 Å². The lowest BCUT2D eigenvalue weighted by Crippen LogP contribution is -2.31. The van der Waals surface area contributed by atoms with E-state index in [1.54, 1.807) is 18.2 Å². The van der Waals surface area contributed by atoms with E-state index in [0.29, 0.717) is 17.2 Å². The molecule has 1 amide bonds. The highest BCUT2D eigenvalue weighted by atomic mass is 19.3. The number of furan rings is 1. The molecule has 8 nitrogen and oxygen atoms in total. The van der Waals surface area contributed by atoms with Crippen LogP contribution in [0.15, 0.2) is 57.7 Å². The highest BCUT2D eigenvalue weighted by Gasteiger charge is 2.17. The van der Waals surface area contributed by atoms with Crippen molar-refractivity contribution in [2.24, 2.45) is 0 Å². The minimum Gasteiger partial charge on any atom is -0.461 e. The number of hydrogen-bond donors (Lipinski definition) is 1. The van der Waals surface area contributed by atoms with Gasteiger partial charge in [0.1, 0.15) is 24.6 Å². The summed E-state index contributed by atoms with van der Waals surface area (Å²) in [6, 6.07) is 10.4. The quantitative estimate of drug-likeness (QED) is 0.588. The van der Waals surface area contributed by atoms with Gasteiger partial charge in [0.05, 0.1) is 11.8 Å². The summed E-state index contributed by atoms with van der Waals surface area (Å²) < 4.78 is 44.2. The van der Waals surface area contributed by atoms with Crippen LogP contribution in [0.2, 0.25) is 0 Å². The molecule has 0 spiro atoms. The number of esters is 1. The first-order valence-corrected chi connectivity index (χ1v) is 8.00. The Balaban J connectivity index is 1.49. The number of benzene rings is 1. The number of carbonyl (C=O) groups excluding carboxylic acids is 2. The minimum absolute atomic E-state index is 0.129. The van der Waals surface area contributed by atoms with E-state index >= 15 is 0 Å². The van der Waals surface area contributed by atoms with Crippen LogP contribution in [0.1, 0.15) is 16.1 Å². The molecule has 0 bridgehead atoms. The highest BCUT2D eigenvalue weighted by molar-refractivity contribution is 5.98. The van der Waals surface area contributed by atoms with Crippen LogP contribution < -0.4 is 10.1 Å². The molecule has 28 heavy (non-hydrogen) atoms. The fourth-order valence-corrected chi connectivity index (χ4v) is 2.22. The first kappa shape index (κ1) is 19.1. The fourth-order valence-electron chi connectivity index (χ4n) is 2.22. The fraction of sp³-hybridized carbons (Fsp3) is 0.167. The Bertz CT molecular complexity index is 939. The van der Waals surface area contributed by atoms with Crippen molar-refractivity contribution in [3.8, 4) is 17.3 Å². The van der Waals surface area contributed by atoms with Crippen LogP contribution >= 0.6 is 0 Å². The summed E-state index contributed by atoms with van der Waals surface area (Å²) in [5.74, 6) is -0.948. The van der Waals surface area contributed by atoms with Gasteiger partial charge in [-0.1, -0.05) is 17.3 Å². The maximum absolute atomic E-state index is 12.4. The van der Waals surface area contributed by atoms with Crippen molar-refractivity contribution in [2.75, 3.05) is 6.54 Å². The Morgan fingerprint density at radius 1 is 1.14 bits per heavy atom. The topological polar surface area (TPSA) is 104 Å². The molecule has 0 aliphatic carbocycles. The van der Waals surface area contributed by atoms with Crippen molar-refractivity contribution in [3.05, 3.63) is 60.0 Å². The van der Waals surface area contributed by atoms with Crippen LogP contribution in [-0.4, -0.2) is 30.2 Å². The van der Waals surface area contributed by atoms with E-state index < -0.39 is 25.0 Å². The zero-order valence-electron chi connectivity index (χ0n) is 14.3. The van der Waals surface area contributed by atoms with Crippen LogP contribution in [0.3, 0.4) is 0 Å². The third-order valence-corrected chi connectivity index (χ3v) is 3.45. The molecule has 2 heterocycles. The number of para-hydroxylation sites is 1. The monoisotopic (exact) mass is 392 g/mol. The van der Waals surface area contributed by atoms with Gasteiger partial charge in [0.25, 0.3) is 5.91 Å². The molecular weight excluding hydrogens is 378 g/mol. The smallest absolute Gasteiger partial charge is 0.387 e. The highest BCUT2D eigenvalue weighted by Crippen LogP contribution is 2.21.